The molecule has 0 aromatic heterocycles. The van der Waals surface area contributed by atoms with Crippen LogP contribution in [0.4, 0.5) is 0 Å². The largest absolute Gasteiger partial charge is 0.314 e. The van der Waals surface area contributed by atoms with Gasteiger partial charge in [-0.3, -0.25) is 0 Å². The molecule has 0 aromatic rings. The maximum absolute atomic E-state index is 3.74. The lowest BCUT2D eigenvalue weighted by atomic mass is 9.63. The van der Waals surface area contributed by atoms with E-state index >= 15 is 0 Å². The molecule has 0 aromatic carbocycles. The van der Waals surface area contributed by atoms with Gasteiger partial charge in [0, 0.05) is 6.04 Å². The number of hydrogen-bond acceptors (Lipinski definition) is 1. The van der Waals surface area contributed by atoms with Crippen molar-refractivity contribution in [1.82, 2.24) is 5.32 Å². The highest BCUT2D eigenvalue weighted by atomic mass is 14.9. The van der Waals surface area contributed by atoms with Gasteiger partial charge in [-0.15, -0.1) is 0 Å². The lowest BCUT2D eigenvalue weighted by Crippen LogP contribution is -2.39. The summed E-state index contributed by atoms with van der Waals surface area (Å²) >= 11 is 0. The first-order valence-corrected chi connectivity index (χ1v) is 9.83. The van der Waals surface area contributed by atoms with Gasteiger partial charge in [-0.2, -0.15) is 0 Å². The second kappa shape index (κ2) is 8.56. The third-order valence-corrected chi connectivity index (χ3v) is 6.31. The summed E-state index contributed by atoms with van der Waals surface area (Å²) in [5.41, 5.74) is 0. The van der Waals surface area contributed by atoms with E-state index in [1.165, 1.54) is 64.3 Å². The fraction of sp³-hybridized carbons (Fsp3) is 1.00. The van der Waals surface area contributed by atoms with E-state index in [-0.39, 0.29) is 0 Å². The Hall–Kier alpha value is -0.0400. The van der Waals surface area contributed by atoms with Gasteiger partial charge in [0.25, 0.3) is 0 Å². The molecule has 2 rings (SSSR count). The van der Waals surface area contributed by atoms with Gasteiger partial charge in [-0.1, -0.05) is 59.8 Å². The Morgan fingerprint density at radius 3 is 2.33 bits per heavy atom. The summed E-state index contributed by atoms with van der Waals surface area (Å²) in [4.78, 5) is 0. The van der Waals surface area contributed by atoms with Crippen LogP contribution < -0.4 is 5.32 Å². The summed E-state index contributed by atoms with van der Waals surface area (Å²) in [6, 6.07) is 0.644. The van der Waals surface area contributed by atoms with Crippen molar-refractivity contribution >= 4 is 0 Å². The van der Waals surface area contributed by atoms with Gasteiger partial charge in [0.05, 0.1) is 0 Å². The fourth-order valence-corrected chi connectivity index (χ4v) is 4.96. The summed E-state index contributed by atoms with van der Waals surface area (Å²) in [6.07, 6.45) is 13.4. The quantitative estimate of drug-likeness (QED) is 0.668. The molecule has 2 aliphatic rings. The first kappa shape index (κ1) is 17.3. The Labute approximate surface area is 133 Å². The van der Waals surface area contributed by atoms with Gasteiger partial charge >= 0.3 is 0 Å². The van der Waals surface area contributed by atoms with Crippen LogP contribution in [0.3, 0.4) is 0 Å². The second-order valence-electron chi connectivity index (χ2n) is 8.47. The molecule has 0 saturated heterocycles. The van der Waals surface area contributed by atoms with Gasteiger partial charge in [0.15, 0.2) is 0 Å². The zero-order valence-electron chi connectivity index (χ0n) is 15.0. The average molecular weight is 294 g/mol. The topological polar surface area (TPSA) is 12.0 Å². The molecule has 2 fully saturated rings. The Kier molecular flexibility index (Phi) is 7.05. The molecule has 1 N–H and O–H groups in total. The summed E-state index contributed by atoms with van der Waals surface area (Å²) in [6.45, 7) is 10.7. The lowest BCUT2D eigenvalue weighted by Gasteiger charge is -2.43. The molecular formula is C20H39N. The number of nitrogens with one attached hydrogen (secondary N) is 1. The molecule has 1 nitrogen and oxygen atoms in total. The summed E-state index contributed by atoms with van der Waals surface area (Å²) in [7, 11) is 0. The average Bonchev–Trinajstić information content (AvgIpc) is 2.47. The number of hydrogen-bond donors (Lipinski definition) is 1. The molecule has 21 heavy (non-hydrogen) atoms. The molecule has 2 saturated carbocycles. The van der Waals surface area contributed by atoms with Crippen molar-refractivity contribution in [3.05, 3.63) is 0 Å². The van der Waals surface area contributed by atoms with Crippen molar-refractivity contribution in [2.75, 3.05) is 6.54 Å². The second-order valence-corrected chi connectivity index (χ2v) is 8.47. The van der Waals surface area contributed by atoms with Crippen LogP contribution in [0.15, 0.2) is 0 Å². The highest BCUT2D eigenvalue weighted by molar-refractivity contribution is 4.87. The molecule has 2 aliphatic carbocycles. The molecule has 3 atom stereocenters. The molecule has 0 heterocycles. The summed E-state index contributed by atoms with van der Waals surface area (Å²) < 4.78 is 0. The van der Waals surface area contributed by atoms with Crippen molar-refractivity contribution < 1.29 is 0 Å². The maximum Gasteiger partial charge on any atom is 0.00104 e. The minimum Gasteiger partial charge on any atom is -0.314 e. The van der Waals surface area contributed by atoms with Gasteiger partial charge in [0.1, 0.15) is 0 Å². The SMILES string of the molecule is CCCC1CCC(CNC(C)C)C(C2CCC(C)CC2)C1. The monoisotopic (exact) mass is 293 g/mol. The van der Waals surface area contributed by atoms with E-state index in [9.17, 15) is 0 Å². The van der Waals surface area contributed by atoms with Crippen LogP contribution in [0.2, 0.25) is 0 Å². The Morgan fingerprint density at radius 2 is 1.71 bits per heavy atom. The smallest absolute Gasteiger partial charge is 0.00104 e. The first-order chi connectivity index (χ1) is 10.1. The fourth-order valence-electron chi connectivity index (χ4n) is 4.96. The van der Waals surface area contributed by atoms with Gasteiger partial charge in [-0.05, 0) is 61.8 Å². The molecule has 0 radical (unpaired) electrons. The van der Waals surface area contributed by atoms with Crippen LogP contribution in [0.5, 0.6) is 0 Å². The van der Waals surface area contributed by atoms with Gasteiger partial charge in [0.2, 0.25) is 0 Å². The van der Waals surface area contributed by atoms with Crippen molar-refractivity contribution in [2.45, 2.75) is 91.5 Å². The summed E-state index contributed by atoms with van der Waals surface area (Å²) in [5.74, 6) is 5.05. The molecule has 0 amide bonds. The highest BCUT2D eigenvalue weighted by Gasteiger charge is 2.36. The van der Waals surface area contributed by atoms with E-state index < -0.39 is 0 Å². The molecule has 0 aliphatic heterocycles. The maximum atomic E-state index is 3.74. The summed E-state index contributed by atoms with van der Waals surface area (Å²) in [5, 5.41) is 3.74. The minimum absolute atomic E-state index is 0.644. The Bertz CT molecular complexity index is 278. The van der Waals surface area contributed by atoms with Gasteiger partial charge < -0.3 is 5.32 Å². The predicted molar refractivity (Wildman–Crippen MR) is 93.5 cm³/mol. The third-order valence-electron chi connectivity index (χ3n) is 6.31. The van der Waals surface area contributed by atoms with E-state index in [4.69, 9.17) is 0 Å². The molecule has 1 heteroatoms. The van der Waals surface area contributed by atoms with E-state index in [0.29, 0.717) is 6.04 Å². The van der Waals surface area contributed by atoms with Crippen LogP contribution in [-0.4, -0.2) is 12.6 Å². The van der Waals surface area contributed by atoms with Crippen molar-refractivity contribution in [1.29, 1.82) is 0 Å². The standard InChI is InChI=1S/C20H39N/c1-5-6-17-9-12-19(14-21-15(2)3)20(13-17)18-10-7-16(4)8-11-18/h15-21H,5-14H2,1-4H3. The van der Waals surface area contributed by atoms with Crippen LogP contribution in [0, 0.1) is 29.6 Å². The third kappa shape index (κ3) is 5.27. The van der Waals surface area contributed by atoms with Crippen molar-refractivity contribution in [3.8, 4) is 0 Å². The molecule has 124 valence electrons. The van der Waals surface area contributed by atoms with E-state index in [1.807, 2.05) is 0 Å². The van der Waals surface area contributed by atoms with Crippen molar-refractivity contribution in [3.63, 3.8) is 0 Å². The normalized spacial score (nSPS) is 37.9. The minimum atomic E-state index is 0.644. The Balaban J connectivity index is 1.94. The van der Waals surface area contributed by atoms with Crippen LogP contribution in [0.1, 0.15) is 85.5 Å². The zero-order chi connectivity index (χ0) is 15.2. The van der Waals surface area contributed by atoms with Gasteiger partial charge in [-0.25, -0.2) is 0 Å². The van der Waals surface area contributed by atoms with E-state index in [2.05, 4.69) is 33.0 Å². The number of rotatable bonds is 6. The van der Waals surface area contributed by atoms with Crippen molar-refractivity contribution in [2.24, 2.45) is 29.6 Å². The van der Waals surface area contributed by atoms with E-state index in [1.54, 1.807) is 0 Å². The molecular weight excluding hydrogens is 254 g/mol. The van der Waals surface area contributed by atoms with Crippen LogP contribution in [0.25, 0.3) is 0 Å². The van der Waals surface area contributed by atoms with E-state index in [0.717, 1.165) is 29.6 Å². The first-order valence-electron chi connectivity index (χ1n) is 9.83. The zero-order valence-corrected chi connectivity index (χ0v) is 15.0. The Morgan fingerprint density at radius 1 is 1.00 bits per heavy atom. The molecule has 0 spiro atoms. The molecule has 0 bridgehead atoms. The lowest BCUT2D eigenvalue weighted by molar-refractivity contribution is 0.0819. The van der Waals surface area contributed by atoms with Crippen LogP contribution in [-0.2, 0) is 0 Å². The predicted octanol–water partition coefficient (Wildman–Crippen LogP) is 5.64. The molecule has 3 unspecified atom stereocenters. The highest BCUT2D eigenvalue weighted by Crippen LogP contribution is 2.45. The van der Waals surface area contributed by atoms with Crippen LogP contribution >= 0.6 is 0 Å².